The van der Waals surface area contributed by atoms with Crippen molar-refractivity contribution >= 4 is 45.5 Å². The molecule has 0 unspecified atom stereocenters. The Kier molecular flexibility index (Phi) is 4.92. The molecule has 0 aliphatic carbocycles. The van der Waals surface area contributed by atoms with Crippen molar-refractivity contribution in [3.8, 4) is 11.4 Å². The topological polar surface area (TPSA) is 82.4 Å². The van der Waals surface area contributed by atoms with Crippen molar-refractivity contribution in [3.63, 3.8) is 0 Å². The summed E-state index contributed by atoms with van der Waals surface area (Å²) >= 11 is 8.83. The molecule has 142 valence electrons. The normalized spacial score (nSPS) is 14.9. The number of halogens is 1. The molecule has 0 radical (unpaired) electrons. The first-order chi connectivity index (χ1) is 13.5. The van der Waals surface area contributed by atoms with Gasteiger partial charge in [0.15, 0.2) is 11.5 Å². The van der Waals surface area contributed by atoms with Crippen molar-refractivity contribution in [2.24, 2.45) is 5.10 Å². The Labute approximate surface area is 174 Å². The third kappa shape index (κ3) is 3.30. The molecule has 1 aliphatic rings. The van der Waals surface area contributed by atoms with Crippen LogP contribution in [0, 0.1) is 4.77 Å². The maximum absolute atomic E-state index is 13.2. The molecule has 3 heterocycles. The van der Waals surface area contributed by atoms with Gasteiger partial charge in [0, 0.05) is 28.0 Å². The average Bonchev–Trinajstić information content (AvgIpc) is 3.15. The van der Waals surface area contributed by atoms with Crippen molar-refractivity contribution < 1.29 is 4.79 Å². The molecule has 1 aromatic carbocycles. The van der Waals surface area contributed by atoms with E-state index in [9.17, 15) is 4.79 Å². The zero-order chi connectivity index (χ0) is 19.8. The Morgan fingerprint density at radius 2 is 2.00 bits per heavy atom. The number of rotatable bonds is 4. The van der Waals surface area contributed by atoms with Crippen LogP contribution in [0.2, 0.25) is 0 Å². The van der Waals surface area contributed by atoms with Gasteiger partial charge in [-0.3, -0.25) is 19.6 Å². The van der Waals surface area contributed by atoms with Crippen molar-refractivity contribution in [3.05, 3.63) is 57.5 Å². The number of pyridine rings is 1. The second-order valence-electron chi connectivity index (χ2n) is 6.46. The van der Waals surface area contributed by atoms with Crippen LogP contribution in [0.3, 0.4) is 0 Å². The number of benzene rings is 1. The highest BCUT2D eigenvalue weighted by atomic mass is 79.9. The van der Waals surface area contributed by atoms with Gasteiger partial charge >= 0.3 is 0 Å². The number of carbonyl (C=O) groups excluding carboxylic acids is 1. The number of H-pyrrole nitrogens is 1. The summed E-state index contributed by atoms with van der Waals surface area (Å²) in [5.41, 5.74) is 2.65. The van der Waals surface area contributed by atoms with Crippen LogP contribution in [-0.2, 0) is 4.79 Å². The lowest BCUT2D eigenvalue weighted by molar-refractivity contribution is -0.112. The van der Waals surface area contributed by atoms with E-state index in [1.165, 1.54) is 4.68 Å². The maximum atomic E-state index is 13.2. The van der Waals surface area contributed by atoms with E-state index in [1.807, 2.05) is 37.2 Å². The first kappa shape index (κ1) is 18.7. The minimum absolute atomic E-state index is 0.189. The number of aromatic nitrogens is 4. The van der Waals surface area contributed by atoms with Gasteiger partial charge in [0.05, 0.1) is 12.4 Å². The highest BCUT2D eigenvalue weighted by molar-refractivity contribution is 9.10. The minimum Gasteiger partial charge on any atom is -0.293 e. The molecule has 8 nitrogen and oxygen atoms in total. The van der Waals surface area contributed by atoms with E-state index in [-0.39, 0.29) is 5.91 Å². The number of amides is 1. The lowest BCUT2D eigenvalue weighted by Gasteiger charge is -2.21. The predicted molar refractivity (Wildman–Crippen MR) is 113 cm³/mol. The van der Waals surface area contributed by atoms with E-state index in [1.54, 1.807) is 29.4 Å². The smallest absolute Gasteiger partial charge is 0.280 e. The molecule has 10 heteroatoms. The van der Waals surface area contributed by atoms with Gasteiger partial charge < -0.3 is 0 Å². The molecule has 1 amide bonds. The third-order valence-electron chi connectivity index (χ3n) is 4.17. The van der Waals surface area contributed by atoms with Crippen LogP contribution in [0.15, 0.2) is 52.3 Å². The van der Waals surface area contributed by atoms with E-state index < -0.39 is 0 Å². The van der Waals surface area contributed by atoms with Crippen LogP contribution in [0.1, 0.15) is 5.56 Å². The van der Waals surface area contributed by atoms with E-state index >= 15 is 0 Å². The van der Waals surface area contributed by atoms with Gasteiger partial charge in [-0.25, -0.2) is 5.10 Å². The molecule has 4 rings (SSSR count). The molecular weight excluding hydrogens is 442 g/mol. The van der Waals surface area contributed by atoms with Crippen LogP contribution >= 0.6 is 28.1 Å². The number of nitrogens with one attached hydrogen (secondary N) is 1. The van der Waals surface area contributed by atoms with E-state index in [4.69, 9.17) is 12.2 Å². The van der Waals surface area contributed by atoms with Crippen LogP contribution in [0.4, 0.5) is 5.69 Å². The van der Waals surface area contributed by atoms with Crippen molar-refractivity contribution in [2.75, 3.05) is 25.7 Å². The molecule has 28 heavy (non-hydrogen) atoms. The Hall–Kier alpha value is -2.69. The number of carbonyl (C=O) groups is 1. The Bertz CT molecular complexity index is 1140. The summed E-state index contributed by atoms with van der Waals surface area (Å²) in [4.78, 5) is 20.8. The van der Waals surface area contributed by atoms with Gasteiger partial charge in [-0.15, -0.1) is 0 Å². The van der Waals surface area contributed by atoms with Crippen molar-refractivity contribution in [2.45, 2.75) is 0 Å². The number of aromatic amines is 1. The fourth-order valence-electron chi connectivity index (χ4n) is 2.98. The SMILES string of the molecule is CN(C)CN1C(=O)/C(=N\n2c(-c3ccncc3)n[nH]c2=S)c2cc(Br)ccc21. The maximum Gasteiger partial charge on any atom is 0.280 e. The molecule has 1 aliphatic heterocycles. The highest BCUT2D eigenvalue weighted by Crippen LogP contribution is 2.32. The second kappa shape index (κ2) is 7.38. The summed E-state index contributed by atoms with van der Waals surface area (Å²) in [5.74, 6) is 0.320. The Morgan fingerprint density at radius 3 is 2.71 bits per heavy atom. The second-order valence-corrected chi connectivity index (χ2v) is 7.77. The first-order valence-corrected chi connectivity index (χ1v) is 9.59. The zero-order valence-corrected chi connectivity index (χ0v) is 17.5. The molecule has 0 spiro atoms. The summed E-state index contributed by atoms with van der Waals surface area (Å²) < 4.78 is 2.64. The summed E-state index contributed by atoms with van der Waals surface area (Å²) in [7, 11) is 3.82. The zero-order valence-electron chi connectivity index (χ0n) is 15.1. The quantitative estimate of drug-likeness (QED) is 0.609. The number of nitrogens with zero attached hydrogens (tertiary/aromatic N) is 6. The molecule has 1 N–H and O–H groups in total. The van der Waals surface area contributed by atoms with E-state index in [2.05, 4.69) is 36.2 Å². The summed E-state index contributed by atoms with van der Waals surface area (Å²) in [6.45, 7) is 0.445. The first-order valence-electron chi connectivity index (χ1n) is 8.39. The van der Waals surface area contributed by atoms with Gasteiger partial charge in [-0.05, 0) is 56.6 Å². The van der Waals surface area contributed by atoms with Crippen LogP contribution < -0.4 is 4.90 Å². The fourth-order valence-corrected chi connectivity index (χ4v) is 3.51. The van der Waals surface area contributed by atoms with E-state index in [0.29, 0.717) is 23.0 Å². The summed E-state index contributed by atoms with van der Waals surface area (Å²) in [5, 5.41) is 11.6. The van der Waals surface area contributed by atoms with Gasteiger partial charge in [-0.2, -0.15) is 14.9 Å². The monoisotopic (exact) mass is 457 g/mol. The largest absolute Gasteiger partial charge is 0.293 e. The third-order valence-corrected chi connectivity index (χ3v) is 4.92. The molecule has 0 bridgehead atoms. The predicted octanol–water partition coefficient (Wildman–Crippen LogP) is 2.88. The minimum atomic E-state index is -0.189. The van der Waals surface area contributed by atoms with E-state index in [0.717, 1.165) is 21.3 Å². The molecule has 0 fully saturated rings. The molecule has 0 saturated heterocycles. The molecule has 0 atom stereocenters. The fraction of sp³-hybridized carbons (Fsp3) is 0.167. The standard InChI is InChI=1S/C18H16BrN7OS/c1-24(2)10-25-14-4-3-12(19)9-13(14)15(17(25)27)23-26-16(21-22-18(26)28)11-5-7-20-8-6-11/h3-9H,10H2,1-2H3,(H,22,28)/b23-15-. The van der Waals surface area contributed by atoms with Crippen molar-refractivity contribution in [1.82, 2.24) is 24.8 Å². The highest BCUT2D eigenvalue weighted by Gasteiger charge is 2.35. The number of hydrogen-bond donors (Lipinski definition) is 1. The van der Waals surface area contributed by atoms with Gasteiger partial charge in [0.1, 0.15) is 0 Å². The molecule has 3 aromatic rings. The Morgan fingerprint density at radius 1 is 1.25 bits per heavy atom. The molecule has 0 saturated carbocycles. The van der Waals surface area contributed by atoms with Crippen LogP contribution in [0.25, 0.3) is 11.4 Å². The average molecular weight is 458 g/mol. The van der Waals surface area contributed by atoms with Gasteiger partial charge in [0.25, 0.3) is 5.91 Å². The van der Waals surface area contributed by atoms with Crippen LogP contribution in [0.5, 0.6) is 0 Å². The van der Waals surface area contributed by atoms with Crippen LogP contribution in [-0.4, -0.2) is 57.1 Å². The molecular formula is C18H16BrN7OS. The lowest BCUT2D eigenvalue weighted by Crippen LogP contribution is -2.37. The van der Waals surface area contributed by atoms with Gasteiger partial charge in [-0.1, -0.05) is 15.9 Å². The summed E-state index contributed by atoms with van der Waals surface area (Å²) in [6, 6.07) is 9.31. The van der Waals surface area contributed by atoms with Gasteiger partial charge in [0.2, 0.25) is 4.77 Å². The number of anilines is 1. The molecule has 2 aromatic heterocycles. The summed E-state index contributed by atoms with van der Waals surface area (Å²) in [6.07, 6.45) is 3.33. The Balaban J connectivity index is 1.88. The van der Waals surface area contributed by atoms with Crippen molar-refractivity contribution in [1.29, 1.82) is 0 Å². The lowest BCUT2D eigenvalue weighted by atomic mass is 10.1. The number of hydrogen-bond acceptors (Lipinski definition) is 6. The number of fused-ring (bicyclic) bond motifs is 1.